The summed E-state index contributed by atoms with van der Waals surface area (Å²) in [4.78, 5) is 13.7. The SMILES string of the molecule is CN(C)C(=O)c1ccccc1NCC1CC=CCC1. The van der Waals surface area contributed by atoms with Crippen LogP contribution in [-0.4, -0.2) is 31.4 Å². The predicted molar refractivity (Wildman–Crippen MR) is 79.4 cm³/mol. The van der Waals surface area contributed by atoms with E-state index >= 15 is 0 Å². The molecule has 1 aromatic rings. The number of anilines is 1. The monoisotopic (exact) mass is 258 g/mol. The number of hydrogen-bond donors (Lipinski definition) is 1. The Labute approximate surface area is 115 Å². The first kappa shape index (κ1) is 13.7. The molecule has 1 aromatic carbocycles. The van der Waals surface area contributed by atoms with Gasteiger partial charge in [0, 0.05) is 26.3 Å². The number of nitrogens with zero attached hydrogens (tertiary/aromatic N) is 1. The number of amides is 1. The normalized spacial score (nSPS) is 18.1. The number of hydrogen-bond acceptors (Lipinski definition) is 2. The van der Waals surface area contributed by atoms with Crippen molar-refractivity contribution in [2.75, 3.05) is 26.0 Å². The number of carbonyl (C=O) groups is 1. The van der Waals surface area contributed by atoms with Crippen LogP contribution in [-0.2, 0) is 0 Å². The van der Waals surface area contributed by atoms with Crippen molar-refractivity contribution >= 4 is 11.6 Å². The lowest BCUT2D eigenvalue weighted by Crippen LogP contribution is -2.24. The fourth-order valence-corrected chi connectivity index (χ4v) is 2.36. The van der Waals surface area contributed by atoms with Crippen molar-refractivity contribution in [3.63, 3.8) is 0 Å². The molecule has 0 bridgehead atoms. The molecule has 0 heterocycles. The van der Waals surface area contributed by atoms with Gasteiger partial charge in [0.05, 0.1) is 5.56 Å². The van der Waals surface area contributed by atoms with Gasteiger partial charge in [-0.2, -0.15) is 0 Å². The highest BCUT2D eigenvalue weighted by atomic mass is 16.2. The van der Waals surface area contributed by atoms with Crippen LogP contribution in [0.3, 0.4) is 0 Å². The zero-order valence-corrected chi connectivity index (χ0v) is 11.7. The average molecular weight is 258 g/mol. The zero-order valence-electron chi connectivity index (χ0n) is 11.7. The largest absolute Gasteiger partial charge is 0.384 e. The van der Waals surface area contributed by atoms with Crippen LogP contribution >= 0.6 is 0 Å². The second-order valence-corrected chi connectivity index (χ2v) is 5.28. The van der Waals surface area contributed by atoms with Crippen LogP contribution in [0.25, 0.3) is 0 Å². The van der Waals surface area contributed by atoms with E-state index in [1.54, 1.807) is 19.0 Å². The van der Waals surface area contributed by atoms with Crippen LogP contribution in [0.2, 0.25) is 0 Å². The van der Waals surface area contributed by atoms with Gasteiger partial charge < -0.3 is 10.2 Å². The first-order chi connectivity index (χ1) is 9.18. The molecule has 1 aliphatic carbocycles. The van der Waals surface area contributed by atoms with Crippen molar-refractivity contribution in [3.8, 4) is 0 Å². The predicted octanol–water partition coefficient (Wildman–Crippen LogP) is 3.16. The summed E-state index contributed by atoms with van der Waals surface area (Å²) in [5.74, 6) is 0.721. The summed E-state index contributed by atoms with van der Waals surface area (Å²) in [5, 5.41) is 3.44. The van der Waals surface area contributed by atoms with Crippen LogP contribution in [0.1, 0.15) is 29.6 Å². The molecule has 3 nitrogen and oxygen atoms in total. The summed E-state index contributed by atoms with van der Waals surface area (Å²) in [7, 11) is 3.57. The lowest BCUT2D eigenvalue weighted by atomic mass is 9.94. The van der Waals surface area contributed by atoms with Gasteiger partial charge in [-0.15, -0.1) is 0 Å². The third-order valence-corrected chi connectivity index (χ3v) is 3.52. The van der Waals surface area contributed by atoms with Crippen molar-refractivity contribution < 1.29 is 4.79 Å². The van der Waals surface area contributed by atoms with E-state index in [0.717, 1.165) is 24.2 Å². The maximum Gasteiger partial charge on any atom is 0.255 e. The number of carbonyl (C=O) groups excluding carboxylic acids is 1. The van der Waals surface area contributed by atoms with Gasteiger partial charge in [0.2, 0.25) is 0 Å². The average Bonchev–Trinajstić information content (AvgIpc) is 2.45. The Morgan fingerprint density at radius 3 is 2.79 bits per heavy atom. The van der Waals surface area contributed by atoms with Gasteiger partial charge >= 0.3 is 0 Å². The quantitative estimate of drug-likeness (QED) is 0.841. The molecular formula is C16H22N2O. The molecule has 0 aromatic heterocycles. The minimum absolute atomic E-state index is 0.0478. The Hall–Kier alpha value is -1.77. The Morgan fingerprint density at radius 1 is 1.32 bits per heavy atom. The molecule has 1 amide bonds. The second kappa shape index (κ2) is 6.41. The number of benzene rings is 1. The molecule has 0 saturated carbocycles. The van der Waals surface area contributed by atoms with Gasteiger partial charge in [0.15, 0.2) is 0 Å². The van der Waals surface area contributed by atoms with Crippen molar-refractivity contribution in [3.05, 3.63) is 42.0 Å². The van der Waals surface area contributed by atoms with Crippen molar-refractivity contribution in [2.45, 2.75) is 19.3 Å². The van der Waals surface area contributed by atoms with E-state index in [9.17, 15) is 4.79 Å². The summed E-state index contributed by atoms with van der Waals surface area (Å²) >= 11 is 0. The van der Waals surface area contributed by atoms with E-state index in [1.165, 1.54) is 12.8 Å². The maximum absolute atomic E-state index is 12.1. The molecule has 0 aliphatic heterocycles. The van der Waals surface area contributed by atoms with E-state index in [2.05, 4.69) is 17.5 Å². The molecule has 1 unspecified atom stereocenters. The Morgan fingerprint density at radius 2 is 2.11 bits per heavy atom. The molecule has 3 heteroatoms. The third-order valence-electron chi connectivity index (χ3n) is 3.52. The Balaban J connectivity index is 2.03. The van der Waals surface area contributed by atoms with E-state index in [4.69, 9.17) is 0 Å². The van der Waals surface area contributed by atoms with Crippen LogP contribution in [0.4, 0.5) is 5.69 Å². The minimum Gasteiger partial charge on any atom is -0.384 e. The van der Waals surface area contributed by atoms with Gasteiger partial charge in [0.25, 0.3) is 5.91 Å². The van der Waals surface area contributed by atoms with E-state index in [1.807, 2.05) is 24.3 Å². The van der Waals surface area contributed by atoms with Gasteiger partial charge in [-0.1, -0.05) is 24.3 Å². The van der Waals surface area contributed by atoms with Crippen LogP contribution in [0.5, 0.6) is 0 Å². The number of rotatable bonds is 4. The number of para-hydroxylation sites is 1. The highest BCUT2D eigenvalue weighted by Crippen LogP contribution is 2.21. The highest BCUT2D eigenvalue weighted by Gasteiger charge is 2.14. The summed E-state index contributed by atoms with van der Waals surface area (Å²) in [6, 6.07) is 7.74. The van der Waals surface area contributed by atoms with Crippen molar-refractivity contribution in [2.24, 2.45) is 5.92 Å². The Kier molecular flexibility index (Phi) is 4.61. The summed E-state index contributed by atoms with van der Waals surface area (Å²) < 4.78 is 0. The fourth-order valence-electron chi connectivity index (χ4n) is 2.36. The molecular weight excluding hydrogens is 236 g/mol. The minimum atomic E-state index is 0.0478. The van der Waals surface area contributed by atoms with Gasteiger partial charge in [-0.25, -0.2) is 0 Å². The van der Waals surface area contributed by atoms with Gasteiger partial charge in [-0.05, 0) is 37.3 Å². The molecule has 0 saturated heterocycles. The first-order valence-corrected chi connectivity index (χ1v) is 6.88. The molecule has 19 heavy (non-hydrogen) atoms. The summed E-state index contributed by atoms with van der Waals surface area (Å²) in [6.45, 7) is 0.933. The highest BCUT2D eigenvalue weighted by molar-refractivity contribution is 5.99. The van der Waals surface area contributed by atoms with Crippen LogP contribution in [0, 0.1) is 5.92 Å². The Bertz CT molecular complexity index is 466. The maximum atomic E-state index is 12.1. The standard InChI is InChI=1S/C16H22N2O/c1-18(2)16(19)14-10-6-7-11-15(14)17-12-13-8-4-3-5-9-13/h3-4,6-7,10-11,13,17H,5,8-9,12H2,1-2H3. The number of nitrogens with one attached hydrogen (secondary N) is 1. The van der Waals surface area contributed by atoms with E-state index in [0.29, 0.717) is 5.92 Å². The van der Waals surface area contributed by atoms with Crippen LogP contribution < -0.4 is 5.32 Å². The van der Waals surface area contributed by atoms with Gasteiger partial charge in [0.1, 0.15) is 0 Å². The fraction of sp³-hybridized carbons (Fsp3) is 0.438. The molecule has 102 valence electrons. The van der Waals surface area contributed by atoms with Crippen molar-refractivity contribution in [1.29, 1.82) is 0 Å². The molecule has 1 N–H and O–H groups in total. The third kappa shape index (κ3) is 3.60. The van der Waals surface area contributed by atoms with Crippen LogP contribution in [0.15, 0.2) is 36.4 Å². The van der Waals surface area contributed by atoms with Gasteiger partial charge in [-0.3, -0.25) is 4.79 Å². The smallest absolute Gasteiger partial charge is 0.255 e. The van der Waals surface area contributed by atoms with E-state index < -0.39 is 0 Å². The lowest BCUT2D eigenvalue weighted by Gasteiger charge is -2.20. The molecule has 0 radical (unpaired) electrons. The van der Waals surface area contributed by atoms with E-state index in [-0.39, 0.29) is 5.91 Å². The molecule has 1 atom stereocenters. The summed E-state index contributed by atoms with van der Waals surface area (Å²) in [5.41, 5.74) is 1.69. The summed E-state index contributed by atoms with van der Waals surface area (Å²) in [6.07, 6.45) is 8.04. The lowest BCUT2D eigenvalue weighted by molar-refractivity contribution is 0.0828. The topological polar surface area (TPSA) is 32.3 Å². The molecule has 2 rings (SSSR count). The second-order valence-electron chi connectivity index (χ2n) is 5.28. The van der Waals surface area contributed by atoms with Crippen molar-refractivity contribution in [1.82, 2.24) is 4.90 Å². The molecule has 0 fully saturated rings. The zero-order chi connectivity index (χ0) is 13.7. The first-order valence-electron chi connectivity index (χ1n) is 6.88. The molecule has 0 spiro atoms. The number of allylic oxidation sites excluding steroid dienone is 2. The molecule has 1 aliphatic rings.